The van der Waals surface area contributed by atoms with Gasteiger partial charge in [0.1, 0.15) is 11.0 Å². The Morgan fingerprint density at radius 1 is 1.17 bits per heavy atom. The third-order valence-corrected chi connectivity index (χ3v) is 7.26. The number of nitrogens with one attached hydrogen (secondary N) is 1. The number of benzene rings is 1. The van der Waals surface area contributed by atoms with Crippen molar-refractivity contribution in [3.63, 3.8) is 0 Å². The fraction of sp³-hybridized carbons (Fsp3) is 0.500. The van der Waals surface area contributed by atoms with Gasteiger partial charge in [-0.25, -0.2) is 18.0 Å². The molecule has 0 amide bonds. The maximum absolute atomic E-state index is 13.4. The molecule has 2 N–H and O–H groups in total. The number of ether oxygens (including phenoxy) is 1. The Labute approximate surface area is 200 Å². The molecule has 2 saturated carbocycles. The zero-order valence-corrected chi connectivity index (χ0v) is 19.6. The van der Waals surface area contributed by atoms with E-state index in [1.54, 1.807) is 16.3 Å². The second-order valence-electron chi connectivity index (χ2n) is 10.0. The minimum atomic E-state index is -2.63. The third kappa shape index (κ3) is 3.97. The molecule has 0 saturated heterocycles. The summed E-state index contributed by atoms with van der Waals surface area (Å²) in [7, 11) is 1.57. The summed E-state index contributed by atoms with van der Waals surface area (Å²) in [5, 5.41) is 26.5. The van der Waals surface area contributed by atoms with Gasteiger partial charge in [0.2, 0.25) is 11.8 Å². The minimum Gasteiger partial charge on any atom is -0.479 e. The molecule has 0 atom stereocenters. The number of anilines is 1. The van der Waals surface area contributed by atoms with Gasteiger partial charge in [0, 0.05) is 30.6 Å². The fourth-order valence-corrected chi connectivity index (χ4v) is 5.17. The van der Waals surface area contributed by atoms with Crippen LogP contribution < -0.4 is 10.1 Å². The maximum atomic E-state index is 13.4. The van der Waals surface area contributed by atoms with Crippen LogP contribution in [0.15, 0.2) is 30.5 Å². The van der Waals surface area contributed by atoms with Crippen LogP contribution >= 0.6 is 0 Å². The SMILES string of the molecule is COc1nc(NC2CCC(C)(O)CC2)nn2ccc(-c3ccc4nnn(C5CC(F)(F)C5)c4c3)c12. The zero-order valence-electron chi connectivity index (χ0n) is 19.6. The standard InChI is InChI=1S/C24H27F2N7O2/c1-23(34)8-5-15(6-9-23)27-22-28-21(35-2)20-17(7-10-32(20)30-22)14-3-4-18-19(11-14)33(31-29-18)16-12-24(25,26)13-16/h3-4,7,10-11,15-16,34H,5-6,8-9,12-13H2,1-2H3,(H,27,30). The van der Waals surface area contributed by atoms with E-state index in [0.29, 0.717) is 28.4 Å². The summed E-state index contributed by atoms with van der Waals surface area (Å²) < 4.78 is 35.9. The first-order valence-electron chi connectivity index (χ1n) is 11.9. The Bertz CT molecular complexity index is 1400. The highest BCUT2D eigenvalue weighted by Crippen LogP contribution is 2.46. The smallest absolute Gasteiger partial charge is 0.252 e. The number of hydrogen-bond donors (Lipinski definition) is 2. The molecule has 0 radical (unpaired) electrons. The molecule has 0 spiro atoms. The summed E-state index contributed by atoms with van der Waals surface area (Å²) in [6.45, 7) is 1.87. The summed E-state index contributed by atoms with van der Waals surface area (Å²) in [4.78, 5) is 4.60. The van der Waals surface area contributed by atoms with Crippen LogP contribution in [0, 0.1) is 0 Å². The molecule has 0 bridgehead atoms. The van der Waals surface area contributed by atoms with Crippen molar-refractivity contribution in [3.05, 3.63) is 30.5 Å². The summed E-state index contributed by atoms with van der Waals surface area (Å²) in [6, 6.07) is 7.44. The molecule has 1 aromatic carbocycles. The molecule has 3 heterocycles. The van der Waals surface area contributed by atoms with Gasteiger partial charge in [-0.3, -0.25) is 0 Å². The first kappa shape index (κ1) is 22.1. The van der Waals surface area contributed by atoms with Gasteiger partial charge in [-0.2, -0.15) is 4.98 Å². The number of nitrogens with zero attached hydrogens (tertiary/aromatic N) is 6. The van der Waals surface area contributed by atoms with Crippen molar-refractivity contribution in [1.82, 2.24) is 29.6 Å². The van der Waals surface area contributed by atoms with Gasteiger partial charge in [0.15, 0.2) is 0 Å². The van der Waals surface area contributed by atoms with E-state index in [-0.39, 0.29) is 24.9 Å². The number of hydrogen-bond acceptors (Lipinski definition) is 7. The Morgan fingerprint density at radius 3 is 2.66 bits per heavy atom. The molecule has 0 aliphatic heterocycles. The summed E-state index contributed by atoms with van der Waals surface area (Å²) >= 11 is 0. The van der Waals surface area contributed by atoms with Gasteiger partial charge in [0.25, 0.3) is 5.92 Å². The summed E-state index contributed by atoms with van der Waals surface area (Å²) in [5.41, 5.74) is 3.20. The second kappa shape index (κ2) is 7.84. The second-order valence-corrected chi connectivity index (χ2v) is 10.0. The Morgan fingerprint density at radius 2 is 1.94 bits per heavy atom. The number of alkyl halides is 2. The Hall–Kier alpha value is -3.34. The van der Waals surface area contributed by atoms with Crippen LogP contribution in [0.2, 0.25) is 0 Å². The number of methoxy groups -OCH3 is 1. The normalized spacial score (nSPS) is 24.5. The van der Waals surface area contributed by atoms with Crippen molar-refractivity contribution in [3.8, 4) is 17.0 Å². The van der Waals surface area contributed by atoms with Crippen LogP contribution in [-0.4, -0.2) is 59.4 Å². The van der Waals surface area contributed by atoms with E-state index in [2.05, 4.69) is 25.7 Å². The number of halogens is 2. The summed E-state index contributed by atoms with van der Waals surface area (Å²) in [6.07, 6.45) is 4.53. The van der Waals surface area contributed by atoms with Crippen LogP contribution in [0.5, 0.6) is 5.88 Å². The molecule has 11 heteroatoms. The van der Waals surface area contributed by atoms with E-state index in [9.17, 15) is 13.9 Å². The number of aliphatic hydroxyl groups is 1. The highest BCUT2D eigenvalue weighted by atomic mass is 19.3. The monoisotopic (exact) mass is 483 g/mol. The van der Waals surface area contributed by atoms with Gasteiger partial charge in [-0.1, -0.05) is 11.3 Å². The van der Waals surface area contributed by atoms with Gasteiger partial charge in [-0.05, 0) is 56.4 Å². The number of aromatic nitrogens is 6. The van der Waals surface area contributed by atoms with Crippen molar-refractivity contribution in [1.29, 1.82) is 0 Å². The van der Waals surface area contributed by atoms with E-state index in [1.165, 1.54) is 0 Å². The molecule has 3 aromatic heterocycles. The van der Waals surface area contributed by atoms with Gasteiger partial charge < -0.3 is 15.2 Å². The lowest BCUT2D eigenvalue weighted by Crippen LogP contribution is -2.37. The molecule has 6 rings (SSSR count). The molecule has 35 heavy (non-hydrogen) atoms. The van der Waals surface area contributed by atoms with E-state index in [1.807, 2.05) is 37.4 Å². The summed E-state index contributed by atoms with van der Waals surface area (Å²) in [5.74, 6) is -1.74. The van der Waals surface area contributed by atoms with Crippen LogP contribution in [0.25, 0.3) is 27.7 Å². The highest BCUT2D eigenvalue weighted by molar-refractivity contribution is 5.89. The lowest BCUT2D eigenvalue weighted by Gasteiger charge is -2.34. The van der Waals surface area contributed by atoms with Crippen molar-refractivity contribution < 1.29 is 18.6 Å². The van der Waals surface area contributed by atoms with Gasteiger partial charge >= 0.3 is 0 Å². The number of rotatable bonds is 5. The Balaban J connectivity index is 1.33. The van der Waals surface area contributed by atoms with Crippen LogP contribution in [-0.2, 0) is 0 Å². The Kier molecular flexibility index (Phi) is 4.96. The largest absolute Gasteiger partial charge is 0.479 e. The lowest BCUT2D eigenvalue weighted by molar-refractivity contribution is -0.106. The molecular weight excluding hydrogens is 456 g/mol. The third-order valence-electron chi connectivity index (χ3n) is 7.26. The van der Waals surface area contributed by atoms with Crippen molar-refractivity contribution in [2.75, 3.05) is 12.4 Å². The van der Waals surface area contributed by atoms with Gasteiger partial charge in [-0.15, -0.1) is 10.2 Å². The molecule has 2 aliphatic rings. The minimum absolute atomic E-state index is 0.182. The fourth-order valence-electron chi connectivity index (χ4n) is 5.17. The highest BCUT2D eigenvalue weighted by Gasteiger charge is 2.47. The van der Waals surface area contributed by atoms with Crippen LogP contribution in [0.3, 0.4) is 0 Å². The quantitative estimate of drug-likeness (QED) is 0.438. The lowest BCUT2D eigenvalue weighted by atomic mass is 9.84. The van der Waals surface area contributed by atoms with Crippen LogP contribution in [0.4, 0.5) is 14.7 Å². The number of fused-ring (bicyclic) bond motifs is 2. The van der Waals surface area contributed by atoms with Crippen molar-refractivity contribution in [2.45, 2.75) is 69.1 Å². The van der Waals surface area contributed by atoms with E-state index >= 15 is 0 Å². The molecule has 9 nitrogen and oxygen atoms in total. The first-order chi connectivity index (χ1) is 16.7. The van der Waals surface area contributed by atoms with Gasteiger partial charge in [0.05, 0.1) is 24.3 Å². The average Bonchev–Trinajstić information content (AvgIpc) is 3.42. The molecule has 4 aromatic rings. The molecule has 2 fully saturated rings. The first-order valence-corrected chi connectivity index (χ1v) is 11.9. The predicted octanol–water partition coefficient (Wildman–Crippen LogP) is 4.23. The van der Waals surface area contributed by atoms with Crippen LogP contribution in [0.1, 0.15) is 51.5 Å². The molecular formula is C24H27F2N7O2. The van der Waals surface area contributed by atoms with E-state index in [4.69, 9.17) is 4.74 Å². The van der Waals surface area contributed by atoms with Crippen molar-refractivity contribution in [2.24, 2.45) is 0 Å². The average molecular weight is 484 g/mol. The topological polar surface area (TPSA) is 102 Å². The van der Waals surface area contributed by atoms with E-state index < -0.39 is 11.5 Å². The maximum Gasteiger partial charge on any atom is 0.252 e. The molecule has 0 unspecified atom stereocenters. The predicted molar refractivity (Wildman–Crippen MR) is 126 cm³/mol. The zero-order chi connectivity index (χ0) is 24.4. The van der Waals surface area contributed by atoms with E-state index in [0.717, 1.165) is 36.8 Å². The molecule has 2 aliphatic carbocycles. The molecule has 184 valence electrons. The van der Waals surface area contributed by atoms with Crippen molar-refractivity contribution >= 4 is 22.5 Å².